The smallest absolute Gasteiger partial charge is 0.242 e. The number of hydrogen-bond acceptors (Lipinski definition) is 5. The van der Waals surface area contributed by atoms with Crippen LogP contribution in [0.15, 0.2) is 42.5 Å². The van der Waals surface area contributed by atoms with Gasteiger partial charge in [-0.2, -0.15) is 5.10 Å². The minimum atomic E-state index is -0.0781. The van der Waals surface area contributed by atoms with E-state index in [1.54, 1.807) is 30.7 Å². The number of nitrogens with one attached hydrogen (secondary N) is 1. The van der Waals surface area contributed by atoms with E-state index in [9.17, 15) is 4.79 Å². The Morgan fingerprint density at radius 1 is 1.14 bits per heavy atom. The van der Waals surface area contributed by atoms with Crippen LogP contribution in [0.2, 0.25) is 0 Å². The van der Waals surface area contributed by atoms with Crippen molar-refractivity contribution in [2.75, 3.05) is 21.3 Å². The predicted molar refractivity (Wildman–Crippen MR) is 114 cm³/mol. The van der Waals surface area contributed by atoms with Gasteiger partial charge in [0.25, 0.3) is 0 Å². The number of carbonyl (C=O) groups is 1. The Labute approximate surface area is 174 Å². The average Bonchev–Trinajstić information content (AvgIpc) is 3.08. The van der Waals surface area contributed by atoms with E-state index in [0.717, 1.165) is 16.7 Å². The molecule has 29 heavy (non-hydrogen) atoms. The summed E-state index contributed by atoms with van der Waals surface area (Å²) < 4.78 is 12.7. The molecule has 1 amide bonds. The molecule has 1 heterocycles. The summed E-state index contributed by atoms with van der Waals surface area (Å²) >= 11 is 5.34. The Morgan fingerprint density at radius 3 is 2.48 bits per heavy atom. The van der Waals surface area contributed by atoms with Gasteiger partial charge in [-0.3, -0.25) is 14.5 Å². The highest BCUT2D eigenvalue weighted by molar-refractivity contribution is 7.71. The Morgan fingerprint density at radius 2 is 1.83 bits per heavy atom. The van der Waals surface area contributed by atoms with Crippen molar-refractivity contribution in [3.05, 3.63) is 58.4 Å². The predicted octanol–water partition coefficient (Wildman–Crippen LogP) is 3.59. The van der Waals surface area contributed by atoms with E-state index in [2.05, 4.69) is 10.2 Å². The minimum Gasteiger partial charge on any atom is -0.493 e. The zero-order valence-corrected chi connectivity index (χ0v) is 17.7. The number of ether oxygens (including phenoxy) is 2. The summed E-state index contributed by atoms with van der Waals surface area (Å²) in [5.74, 6) is 1.84. The van der Waals surface area contributed by atoms with Crippen LogP contribution in [-0.2, 0) is 17.9 Å². The summed E-state index contributed by atoms with van der Waals surface area (Å²) in [7, 11) is 4.94. The Hall–Kier alpha value is -3.13. The van der Waals surface area contributed by atoms with E-state index in [1.165, 1.54) is 0 Å². The lowest BCUT2D eigenvalue weighted by Gasteiger charge is -2.19. The fourth-order valence-electron chi connectivity index (χ4n) is 2.98. The lowest BCUT2D eigenvalue weighted by atomic mass is 10.1. The fraction of sp³-hybridized carbons (Fsp3) is 0.286. The van der Waals surface area contributed by atoms with Gasteiger partial charge < -0.3 is 14.4 Å². The largest absolute Gasteiger partial charge is 0.493 e. The highest BCUT2D eigenvalue weighted by Gasteiger charge is 2.16. The Kier molecular flexibility index (Phi) is 6.33. The van der Waals surface area contributed by atoms with Crippen molar-refractivity contribution in [2.45, 2.75) is 20.0 Å². The van der Waals surface area contributed by atoms with Crippen molar-refractivity contribution < 1.29 is 14.3 Å². The molecule has 2 aromatic carbocycles. The zero-order valence-electron chi connectivity index (χ0n) is 16.9. The van der Waals surface area contributed by atoms with Crippen LogP contribution in [0.3, 0.4) is 0 Å². The van der Waals surface area contributed by atoms with Gasteiger partial charge in [0.1, 0.15) is 6.54 Å². The number of nitrogens with zero attached hydrogens (tertiary/aromatic N) is 3. The number of amides is 1. The molecule has 0 aliphatic heterocycles. The van der Waals surface area contributed by atoms with E-state index in [1.807, 2.05) is 49.4 Å². The van der Waals surface area contributed by atoms with Crippen LogP contribution in [0, 0.1) is 11.7 Å². The van der Waals surface area contributed by atoms with Gasteiger partial charge in [0.2, 0.25) is 5.91 Å². The number of likely N-dealkylation sites (N-methyl/N-ethyl adjacent to an activating group) is 1. The number of aromatic nitrogens is 3. The van der Waals surface area contributed by atoms with E-state index in [4.69, 9.17) is 21.7 Å². The first-order valence-electron chi connectivity index (χ1n) is 9.10. The number of aromatic amines is 1. The first kappa shape index (κ1) is 20.6. The molecule has 0 radical (unpaired) electrons. The molecule has 0 saturated carbocycles. The Balaban J connectivity index is 1.76. The normalized spacial score (nSPS) is 10.6. The van der Waals surface area contributed by atoms with Crippen LogP contribution in [0.25, 0.3) is 11.4 Å². The number of methoxy groups -OCH3 is 2. The number of rotatable bonds is 7. The SMILES string of the molecule is COc1ccc(CN(C)C(=O)Cn2c(-c3ccc(C)cc3)n[nH]c2=S)cc1OC. The molecule has 152 valence electrons. The molecule has 1 N–H and O–H groups in total. The molecule has 0 unspecified atom stereocenters. The van der Waals surface area contributed by atoms with Gasteiger partial charge in [-0.15, -0.1) is 0 Å². The monoisotopic (exact) mass is 412 g/mol. The van der Waals surface area contributed by atoms with E-state index in [0.29, 0.717) is 28.6 Å². The molecule has 0 atom stereocenters. The molecule has 0 spiro atoms. The van der Waals surface area contributed by atoms with Gasteiger partial charge in [-0.25, -0.2) is 0 Å². The fourth-order valence-corrected chi connectivity index (χ4v) is 3.18. The van der Waals surface area contributed by atoms with Crippen LogP contribution < -0.4 is 9.47 Å². The first-order chi connectivity index (χ1) is 13.9. The number of H-pyrrole nitrogens is 1. The average molecular weight is 413 g/mol. The third-order valence-corrected chi connectivity index (χ3v) is 4.97. The van der Waals surface area contributed by atoms with Crippen LogP contribution >= 0.6 is 12.2 Å². The highest BCUT2D eigenvalue weighted by atomic mass is 32.1. The first-order valence-corrected chi connectivity index (χ1v) is 9.51. The summed E-state index contributed by atoms with van der Waals surface area (Å²) in [6.07, 6.45) is 0. The quantitative estimate of drug-likeness (QED) is 0.601. The highest BCUT2D eigenvalue weighted by Crippen LogP contribution is 2.28. The second-order valence-corrected chi connectivity index (χ2v) is 7.13. The van der Waals surface area contributed by atoms with Crippen LogP contribution in [-0.4, -0.2) is 46.8 Å². The number of benzene rings is 2. The zero-order chi connectivity index (χ0) is 21.0. The second kappa shape index (κ2) is 8.91. The standard InChI is InChI=1S/C21H24N4O3S/c1-14-5-8-16(9-6-14)20-22-23-21(29)25(20)13-19(26)24(2)12-15-7-10-17(27-3)18(11-15)28-4/h5-11H,12-13H2,1-4H3,(H,23,29). The minimum absolute atomic E-state index is 0.0781. The summed E-state index contributed by atoms with van der Waals surface area (Å²) in [6.45, 7) is 2.56. The van der Waals surface area contributed by atoms with E-state index in [-0.39, 0.29) is 12.5 Å². The third kappa shape index (κ3) is 4.65. The summed E-state index contributed by atoms with van der Waals surface area (Å²) in [5, 5.41) is 7.09. The topological polar surface area (TPSA) is 72.4 Å². The molecule has 0 aliphatic carbocycles. The summed E-state index contributed by atoms with van der Waals surface area (Å²) in [6, 6.07) is 13.5. The second-order valence-electron chi connectivity index (χ2n) is 6.74. The van der Waals surface area contributed by atoms with Gasteiger partial charge in [-0.05, 0) is 36.8 Å². The van der Waals surface area contributed by atoms with Gasteiger partial charge in [0.15, 0.2) is 22.1 Å². The maximum atomic E-state index is 12.8. The van der Waals surface area contributed by atoms with E-state index < -0.39 is 0 Å². The van der Waals surface area contributed by atoms with Crippen molar-refractivity contribution in [1.29, 1.82) is 0 Å². The van der Waals surface area contributed by atoms with Crippen molar-refractivity contribution >= 4 is 18.1 Å². The maximum Gasteiger partial charge on any atom is 0.242 e. The Bertz CT molecular complexity index is 1060. The van der Waals surface area contributed by atoms with Crippen LogP contribution in [0.1, 0.15) is 11.1 Å². The molecule has 3 rings (SSSR count). The maximum absolute atomic E-state index is 12.8. The van der Waals surface area contributed by atoms with Gasteiger partial charge in [0.05, 0.1) is 14.2 Å². The molecule has 1 aromatic heterocycles. The third-order valence-electron chi connectivity index (χ3n) is 4.65. The molecule has 8 heteroatoms. The molecule has 0 fully saturated rings. The van der Waals surface area contributed by atoms with Crippen molar-refractivity contribution in [3.63, 3.8) is 0 Å². The molecule has 3 aromatic rings. The number of aryl methyl sites for hydroxylation is 1. The molecule has 0 aliphatic rings. The summed E-state index contributed by atoms with van der Waals surface area (Å²) in [5.41, 5.74) is 2.99. The van der Waals surface area contributed by atoms with Gasteiger partial charge >= 0.3 is 0 Å². The van der Waals surface area contributed by atoms with E-state index >= 15 is 0 Å². The summed E-state index contributed by atoms with van der Waals surface area (Å²) in [4.78, 5) is 14.5. The number of hydrogen-bond donors (Lipinski definition) is 1. The molecule has 0 saturated heterocycles. The lowest BCUT2D eigenvalue weighted by Crippen LogP contribution is -2.30. The lowest BCUT2D eigenvalue weighted by molar-refractivity contribution is -0.131. The number of carbonyl (C=O) groups excluding carboxylic acids is 1. The van der Waals surface area contributed by atoms with Gasteiger partial charge in [0, 0.05) is 19.2 Å². The van der Waals surface area contributed by atoms with Crippen LogP contribution in [0.4, 0.5) is 0 Å². The molecular weight excluding hydrogens is 388 g/mol. The molecule has 7 nitrogen and oxygen atoms in total. The molecular formula is C21H24N4O3S. The molecule has 0 bridgehead atoms. The van der Waals surface area contributed by atoms with Crippen molar-refractivity contribution in [3.8, 4) is 22.9 Å². The van der Waals surface area contributed by atoms with Crippen LogP contribution in [0.5, 0.6) is 11.5 Å². The van der Waals surface area contributed by atoms with Gasteiger partial charge in [-0.1, -0.05) is 35.9 Å². The van der Waals surface area contributed by atoms with Crippen molar-refractivity contribution in [2.24, 2.45) is 0 Å². The van der Waals surface area contributed by atoms with Crippen molar-refractivity contribution in [1.82, 2.24) is 19.7 Å².